The number of hydrogen-bond donors (Lipinski definition) is 0. The van der Waals surface area contributed by atoms with E-state index in [0.717, 1.165) is 6.42 Å². The fraction of sp³-hybridized carbons (Fsp3) is 0.583. The van der Waals surface area contributed by atoms with E-state index < -0.39 is 0 Å². The summed E-state index contributed by atoms with van der Waals surface area (Å²) in [6.07, 6.45) is 16.0. The van der Waals surface area contributed by atoms with Crippen molar-refractivity contribution in [1.29, 1.82) is 0 Å². The van der Waals surface area contributed by atoms with Gasteiger partial charge in [-0.05, 0) is 19.3 Å². The fourth-order valence-corrected chi connectivity index (χ4v) is 0.934. The minimum Gasteiger partial charge on any atom is -0.0845 e. The second-order valence-electron chi connectivity index (χ2n) is 2.99. The van der Waals surface area contributed by atoms with E-state index >= 15 is 0 Å². The van der Waals surface area contributed by atoms with Gasteiger partial charge in [0, 0.05) is 0 Å². The number of rotatable bonds is 7. The summed E-state index contributed by atoms with van der Waals surface area (Å²) in [5, 5.41) is 0. The van der Waals surface area contributed by atoms with E-state index in [2.05, 4.69) is 38.2 Å². The van der Waals surface area contributed by atoms with Crippen molar-refractivity contribution in [3.63, 3.8) is 0 Å². The number of allylic oxidation sites excluding steroid dienone is 4. The Kier molecular flexibility index (Phi) is 10.0. The molecule has 0 saturated heterocycles. The first-order valence-corrected chi connectivity index (χ1v) is 5.02. The van der Waals surface area contributed by atoms with E-state index in [-0.39, 0.29) is 0 Å². The van der Waals surface area contributed by atoms with Crippen molar-refractivity contribution in [2.45, 2.75) is 45.4 Å². The van der Waals surface area contributed by atoms with Crippen LogP contribution >= 0.6 is 0 Å². The normalized spacial score (nSPS) is 11.8. The lowest BCUT2D eigenvalue weighted by molar-refractivity contribution is 0.814. The third kappa shape index (κ3) is 9.48. The van der Waals surface area contributed by atoms with Crippen molar-refractivity contribution < 1.29 is 0 Å². The molecule has 0 unspecified atom stereocenters. The lowest BCUT2D eigenvalue weighted by Gasteiger charge is -1.87. The molecule has 0 amide bonds. The first-order chi connectivity index (χ1) is 5.91. The van der Waals surface area contributed by atoms with E-state index in [1.807, 2.05) is 0 Å². The zero-order valence-electron chi connectivity index (χ0n) is 8.26. The molecule has 0 aromatic carbocycles. The zero-order chi connectivity index (χ0) is 9.07. The highest BCUT2D eigenvalue weighted by molar-refractivity contribution is 5.02. The molecule has 0 aliphatic heterocycles. The molecule has 0 bridgehead atoms. The van der Waals surface area contributed by atoms with Crippen molar-refractivity contribution in [1.82, 2.24) is 0 Å². The van der Waals surface area contributed by atoms with Crippen LogP contribution in [0, 0.1) is 6.92 Å². The van der Waals surface area contributed by atoms with Crippen LogP contribution in [0.15, 0.2) is 24.3 Å². The molecular weight excluding hydrogens is 144 g/mol. The van der Waals surface area contributed by atoms with Crippen molar-refractivity contribution in [3.8, 4) is 0 Å². The molecule has 1 radical (unpaired) electrons. The van der Waals surface area contributed by atoms with Crippen LogP contribution < -0.4 is 0 Å². The summed E-state index contributed by atoms with van der Waals surface area (Å²) >= 11 is 0. The quantitative estimate of drug-likeness (QED) is 0.390. The largest absolute Gasteiger partial charge is 0.0845 e. The first-order valence-electron chi connectivity index (χ1n) is 5.02. The second-order valence-corrected chi connectivity index (χ2v) is 2.99. The molecular formula is C12H21. The van der Waals surface area contributed by atoms with Crippen LogP contribution in [-0.2, 0) is 0 Å². The van der Waals surface area contributed by atoms with Gasteiger partial charge in [-0.1, -0.05) is 57.4 Å². The van der Waals surface area contributed by atoms with Gasteiger partial charge in [-0.2, -0.15) is 0 Å². The summed E-state index contributed by atoms with van der Waals surface area (Å²) in [5.41, 5.74) is 0. The van der Waals surface area contributed by atoms with Gasteiger partial charge < -0.3 is 0 Å². The lowest BCUT2D eigenvalue weighted by atomic mass is 10.2. The van der Waals surface area contributed by atoms with Gasteiger partial charge in [0.2, 0.25) is 0 Å². The lowest BCUT2D eigenvalue weighted by Crippen LogP contribution is -1.67. The molecule has 0 fully saturated rings. The molecule has 0 rings (SSSR count). The minimum absolute atomic E-state index is 1.05. The third-order valence-corrected chi connectivity index (χ3v) is 1.73. The molecule has 0 saturated carbocycles. The van der Waals surface area contributed by atoms with Crippen LogP contribution in [0.4, 0.5) is 0 Å². The fourth-order valence-electron chi connectivity index (χ4n) is 0.934. The Morgan fingerprint density at radius 3 is 2.08 bits per heavy atom. The van der Waals surface area contributed by atoms with E-state index in [9.17, 15) is 0 Å². The van der Waals surface area contributed by atoms with Crippen LogP contribution in [0.25, 0.3) is 0 Å². The topological polar surface area (TPSA) is 0 Å². The molecule has 0 aliphatic rings. The van der Waals surface area contributed by atoms with Crippen molar-refractivity contribution in [2.24, 2.45) is 0 Å². The summed E-state index contributed by atoms with van der Waals surface area (Å²) in [7, 11) is 0. The Morgan fingerprint density at radius 1 is 1.00 bits per heavy atom. The molecule has 0 spiro atoms. The van der Waals surface area contributed by atoms with Crippen molar-refractivity contribution >= 4 is 0 Å². The number of unbranched alkanes of at least 4 members (excludes halogenated alkanes) is 4. The molecule has 69 valence electrons. The Bertz CT molecular complexity index is 104. The van der Waals surface area contributed by atoms with Gasteiger partial charge in [0.1, 0.15) is 0 Å². The Hall–Kier alpha value is -0.520. The molecule has 12 heavy (non-hydrogen) atoms. The SMILES string of the molecule is [CH2]CCC/C=C/C=C/CCCC. The van der Waals surface area contributed by atoms with Crippen LogP contribution in [0.5, 0.6) is 0 Å². The predicted octanol–water partition coefficient (Wildman–Crippen LogP) is 4.29. The maximum absolute atomic E-state index is 3.79. The summed E-state index contributed by atoms with van der Waals surface area (Å²) in [6, 6.07) is 0. The van der Waals surface area contributed by atoms with Crippen molar-refractivity contribution in [3.05, 3.63) is 31.2 Å². The zero-order valence-corrected chi connectivity index (χ0v) is 8.26. The minimum atomic E-state index is 1.05. The second kappa shape index (κ2) is 10.5. The van der Waals surface area contributed by atoms with E-state index in [1.54, 1.807) is 0 Å². The van der Waals surface area contributed by atoms with Gasteiger partial charge >= 0.3 is 0 Å². The van der Waals surface area contributed by atoms with Gasteiger partial charge in [-0.25, -0.2) is 0 Å². The molecule has 0 aromatic heterocycles. The Labute approximate surface area is 77.4 Å². The molecule has 0 N–H and O–H groups in total. The van der Waals surface area contributed by atoms with Gasteiger partial charge in [-0.15, -0.1) is 0 Å². The standard InChI is InChI=1S/C12H21/c1-3-5-7-9-11-12-10-8-6-4-2/h9-12H,1,3-8H2,2H3/b11-9+,12-10+. The van der Waals surface area contributed by atoms with E-state index in [4.69, 9.17) is 0 Å². The van der Waals surface area contributed by atoms with Gasteiger partial charge in [0.15, 0.2) is 0 Å². The third-order valence-electron chi connectivity index (χ3n) is 1.73. The van der Waals surface area contributed by atoms with E-state index in [0.29, 0.717) is 0 Å². The molecule has 0 nitrogen and oxygen atoms in total. The molecule has 0 heterocycles. The monoisotopic (exact) mass is 165 g/mol. The molecule has 0 aromatic rings. The van der Waals surface area contributed by atoms with Crippen LogP contribution in [0.3, 0.4) is 0 Å². The Balaban J connectivity index is 3.15. The van der Waals surface area contributed by atoms with Gasteiger partial charge in [0.25, 0.3) is 0 Å². The van der Waals surface area contributed by atoms with E-state index in [1.165, 1.54) is 32.1 Å². The molecule has 0 aliphatic carbocycles. The van der Waals surface area contributed by atoms with Gasteiger partial charge in [-0.3, -0.25) is 0 Å². The predicted molar refractivity (Wildman–Crippen MR) is 57.0 cm³/mol. The number of hydrogen-bond acceptors (Lipinski definition) is 0. The van der Waals surface area contributed by atoms with Crippen molar-refractivity contribution in [2.75, 3.05) is 0 Å². The Morgan fingerprint density at radius 2 is 1.58 bits per heavy atom. The summed E-state index contributed by atoms with van der Waals surface area (Å²) in [4.78, 5) is 0. The smallest absolute Gasteiger partial charge is 0.0348 e. The molecule has 0 atom stereocenters. The highest BCUT2D eigenvalue weighted by atomic mass is 13.8. The maximum atomic E-state index is 3.79. The maximum Gasteiger partial charge on any atom is -0.0348 e. The van der Waals surface area contributed by atoms with Crippen LogP contribution in [-0.4, -0.2) is 0 Å². The van der Waals surface area contributed by atoms with Crippen LogP contribution in [0.1, 0.15) is 45.4 Å². The summed E-state index contributed by atoms with van der Waals surface area (Å²) in [5.74, 6) is 0. The van der Waals surface area contributed by atoms with Crippen LogP contribution in [0.2, 0.25) is 0 Å². The first kappa shape index (κ1) is 11.5. The summed E-state index contributed by atoms with van der Waals surface area (Å²) in [6.45, 7) is 6.01. The van der Waals surface area contributed by atoms with Gasteiger partial charge in [0.05, 0.1) is 0 Å². The average molecular weight is 165 g/mol. The highest BCUT2D eigenvalue weighted by Crippen LogP contribution is 1.97. The average Bonchev–Trinajstić information content (AvgIpc) is 2.10. The summed E-state index contributed by atoms with van der Waals surface area (Å²) < 4.78 is 0. The highest BCUT2D eigenvalue weighted by Gasteiger charge is 1.77. The molecule has 0 heteroatoms.